The highest BCUT2D eigenvalue weighted by atomic mass is 32.2. The number of esters is 1. The first-order valence-corrected chi connectivity index (χ1v) is 11.4. The molecule has 0 atom stereocenters. The van der Waals surface area contributed by atoms with Gasteiger partial charge in [0.2, 0.25) is 5.78 Å². The van der Waals surface area contributed by atoms with Gasteiger partial charge in [0.1, 0.15) is 11.6 Å². The van der Waals surface area contributed by atoms with Gasteiger partial charge in [0.25, 0.3) is 10.0 Å². The van der Waals surface area contributed by atoms with Gasteiger partial charge in [0, 0.05) is 12.2 Å². The van der Waals surface area contributed by atoms with E-state index in [0.717, 1.165) is 6.42 Å². The topological polar surface area (TPSA) is 131 Å². The summed E-state index contributed by atoms with van der Waals surface area (Å²) in [5.74, 6) is -1.62. The number of hydrogen-bond donors (Lipinski definition) is 1. The van der Waals surface area contributed by atoms with Gasteiger partial charge in [-0.3, -0.25) is 9.10 Å². The number of nitrogens with zero attached hydrogens (tertiary/aromatic N) is 2. The maximum Gasteiger partial charge on any atom is 0.338 e. The van der Waals surface area contributed by atoms with E-state index in [1.165, 1.54) is 35.5 Å². The Morgan fingerprint density at radius 2 is 1.81 bits per heavy atom. The van der Waals surface area contributed by atoms with Gasteiger partial charge in [0.15, 0.2) is 6.61 Å². The first-order chi connectivity index (χ1) is 15.2. The third-order valence-electron chi connectivity index (χ3n) is 4.54. The molecule has 32 heavy (non-hydrogen) atoms. The van der Waals surface area contributed by atoms with Crippen molar-refractivity contribution in [2.75, 3.05) is 17.5 Å². The van der Waals surface area contributed by atoms with Gasteiger partial charge in [-0.25, -0.2) is 13.2 Å². The van der Waals surface area contributed by atoms with Crippen LogP contribution in [0.15, 0.2) is 70.8 Å². The zero-order chi connectivity index (χ0) is 23.7. The quantitative estimate of drug-likeness (QED) is 0.331. The zero-order valence-corrected chi connectivity index (χ0v) is 18.8. The molecule has 2 aromatic rings. The Balaban J connectivity index is 2.28. The van der Waals surface area contributed by atoms with Crippen molar-refractivity contribution in [3.63, 3.8) is 0 Å². The fourth-order valence-electron chi connectivity index (χ4n) is 2.85. The lowest BCUT2D eigenvalue weighted by Gasteiger charge is -2.24. The standard InChI is InChI=1S/C23H25N3O5S/c1-3-4-13-26(19-10-6-5-7-11-19)32(29,30)20-12-8-9-18(14-20)23(28)31-16-22(27)21(15-24)17(2)25/h5-12,14H,3-4,13,16,25H2,1-2H3/b21-17+. The summed E-state index contributed by atoms with van der Waals surface area (Å²) in [7, 11) is -3.95. The molecule has 9 heteroatoms. The van der Waals surface area contributed by atoms with Crippen LogP contribution >= 0.6 is 0 Å². The summed E-state index contributed by atoms with van der Waals surface area (Å²) in [4.78, 5) is 24.3. The van der Waals surface area contributed by atoms with Crippen LogP contribution in [0.5, 0.6) is 0 Å². The van der Waals surface area contributed by atoms with Crippen LogP contribution in [0.1, 0.15) is 37.0 Å². The number of allylic oxidation sites excluding steroid dienone is 1. The van der Waals surface area contributed by atoms with Crippen LogP contribution in [0.4, 0.5) is 5.69 Å². The van der Waals surface area contributed by atoms with Crippen molar-refractivity contribution < 1.29 is 22.7 Å². The van der Waals surface area contributed by atoms with Crippen molar-refractivity contribution in [1.29, 1.82) is 5.26 Å². The predicted molar refractivity (Wildman–Crippen MR) is 120 cm³/mol. The van der Waals surface area contributed by atoms with Gasteiger partial charge in [-0.2, -0.15) is 5.26 Å². The van der Waals surface area contributed by atoms with E-state index in [4.69, 9.17) is 15.7 Å². The van der Waals surface area contributed by atoms with E-state index in [-0.39, 0.29) is 28.3 Å². The fraction of sp³-hybridized carbons (Fsp3) is 0.261. The van der Waals surface area contributed by atoms with Crippen LogP contribution in [-0.4, -0.2) is 33.3 Å². The Hall–Kier alpha value is -3.64. The zero-order valence-electron chi connectivity index (χ0n) is 17.9. The van der Waals surface area contributed by atoms with E-state index in [9.17, 15) is 18.0 Å². The lowest BCUT2D eigenvalue weighted by atomic mass is 10.1. The normalized spacial score (nSPS) is 11.8. The number of nitriles is 1. The number of hydrogen-bond acceptors (Lipinski definition) is 7. The second-order valence-electron chi connectivity index (χ2n) is 6.96. The van der Waals surface area contributed by atoms with Crippen molar-refractivity contribution in [2.45, 2.75) is 31.6 Å². The van der Waals surface area contributed by atoms with Crippen LogP contribution in [0, 0.1) is 11.3 Å². The maximum absolute atomic E-state index is 13.3. The van der Waals surface area contributed by atoms with Crippen LogP contribution in [0.2, 0.25) is 0 Å². The van der Waals surface area contributed by atoms with E-state index >= 15 is 0 Å². The third kappa shape index (κ3) is 5.95. The molecule has 0 heterocycles. The molecule has 0 aromatic heterocycles. The summed E-state index contributed by atoms with van der Waals surface area (Å²) in [5.41, 5.74) is 5.69. The Bertz CT molecular complexity index is 1150. The summed E-state index contributed by atoms with van der Waals surface area (Å²) >= 11 is 0. The third-order valence-corrected chi connectivity index (χ3v) is 6.36. The van der Waals surface area contributed by atoms with Gasteiger partial charge in [-0.15, -0.1) is 0 Å². The molecule has 0 spiro atoms. The van der Waals surface area contributed by atoms with Crippen molar-refractivity contribution >= 4 is 27.5 Å². The summed E-state index contributed by atoms with van der Waals surface area (Å²) in [6.45, 7) is 2.96. The number of ketones is 1. The van der Waals surface area contributed by atoms with Crippen molar-refractivity contribution in [1.82, 2.24) is 0 Å². The Morgan fingerprint density at radius 3 is 2.41 bits per heavy atom. The molecule has 2 aromatic carbocycles. The Labute approximate surface area is 188 Å². The van der Waals surface area contributed by atoms with Crippen LogP contribution in [0.3, 0.4) is 0 Å². The van der Waals surface area contributed by atoms with Gasteiger partial charge in [-0.05, 0) is 43.7 Å². The van der Waals surface area contributed by atoms with E-state index in [2.05, 4.69) is 0 Å². The SMILES string of the molecule is CCCCN(c1ccccc1)S(=O)(=O)c1cccc(C(=O)OCC(=O)/C(C#N)=C(\C)N)c1. The number of unbranched alkanes of at least 4 members (excludes halogenated alkanes) is 1. The monoisotopic (exact) mass is 455 g/mol. The average molecular weight is 456 g/mol. The number of benzene rings is 2. The minimum absolute atomic E-state index is 0.0229. The average Bonchev–Trinajstić information content (AvgIpc) is 2.78. The number of carbonyl (C=O) groups is 2. The van der Waals surface area contributed by atoms with Crippen molar-refractivity contribution in [2.24, 2.45) is 5.73 Å². The molecule has 168 valence electrons. The van der Waals surface area contributed by atoms with E-state index in [1.807, 2.05) is 6.92 Å². The molecule has 0 radical (unpaired) electrons. The lowest BCUT2D eigenvalue weighted by Crippen LogP contribution is -2.32. The largest absolute Gasteiger partial charge is 0.454 e. The predicted octanol–water partition coefficient (Wildman–Crippen LogP) is 3.16. The molecular formula is C23H25N3O5S. The van der Waals surface area contributed by atoms with Crippen molar-refractivity contribution in [3.8, 4) is 6.07 Å². The first kappa shape index (κ1) is 24.6. The molecule has 2 N–H and O–H groups in total. The fourth-order valence-corrected chi connectivity index (χ4v) is 4.40. The highest BCUT2D eigenvalue weighted by Crippen LogP contribution is 2.25. The molecular weight excluding hydrogens is 430 g/mol. The number of para-hydroxylation sites is 1. The van der Waals surface area contributed by atoms with E-state index in [1.54, 1.807) is 36.4 Å². The molecule has 0 aliphatic carbocycles. The van der Waals surface area contributed by atoms with Crippen LogP contribution in [-0.2, 0) is 19.6 Å². The Kier molecular flexibility index (Phi) is 8.55. The molecule has 0 saturated heterocycles. The highest BCUT2D eigenvalue weighted by Gasteiger charge is 2.26. The highest BCUT2D eigenvalue weighted by molar-refractivity contribution is 7.92. The number of carbonyl (C=O) groups excluding carboxylic acids is 2. The van der Waals surface area contributed by atoms with E-state index < -0.39 is 28.4 Å². The van der Waals surface area contributed by atoms with Crippen molar-refractivity contribution in [3.05, 3.63) is 71.4 Å². The summed E-state index contributed by atoms with van der Waals surface area (Å²) < 4.78 is 33.0. The molecule has 0 saturated carbocycles. The molecule has 2 rings (SSSR count). The van der Waals surface area contributed by atoms with Crippen LogP contribution < -0.4 is 10.0 Å². The number of rotatable bonds is 10. The van der Waals surface area contributed by atoms with Gasteiger partial charge in [0.05, 0.1) is 16.1 Å². The summed E-state index contributed by atoms with van der Waals surface area (Å²) in [6, 6.07) is 15.8. The number of ether oxygens (including phenoxy) is 1. The van der Waals surface area contributed by atoms with Gasteiger partial charge < -0.3 is 10.5 Å². The summed E-state index contributed by atoms with van der Waals surface area (Å²) in [6.07, 6.45) is 1.47. The lowest BCUT2D eigenvalue weighted by molar-refractivity contribution is -0.118. The molecule has 0 fully saturated rings. The molecule has 8 nitrogen and oxygen atoms in total. The van der Waals surface area contributed by atoms with Gasteiger partial charge in [-0.1, -0.05) is 37.6 Å². The summed E-state index contributed by atoms with van der Waals surface area (Å²) in [5, 5.41) is 8.96. The smallest absolute Gasteiger partial charge is 0.338 e. The van der Waals surface area contributed by atoms with E-state index in [0.29, 0.717) is 12.1 Å². The Morgan fingerprint density at radius 1 is 1.12 bits per heavy atom. The molecule has 0 aliphatic rings. The molecule has 0 bridgehead atoms. The van der Waals surface area contributed by atoms with Gasteiger partial charge >= 0.3 is 5.97 Å². The number of sulfonamides is 1. The minimum Gasteiger partial charge on any atom is -0.454 e. The second kappa shape index (κ2) is 11.1. The number of nitrogens with two attached hydrogens (primary N) is 1. The molecule has 0 amide bonds. The molecule has 0 aliphatic heterocycles. The first-order valence-electron chi connectivity index (χ1n) is 9.97. The molecule has 0 unspecified atom stereocenters. The number of anilines is 1. The maximum atomic E-state index is 13.3. The minimum atomic E-state index is -3.95. The van der Waals surface area contributed by atoms with Crippen LogP contribution in [0.25, 0.3) is 0 Å². The second-order valence-corrected chi connectivity index (χ2v) is 8.83. The number of Topliss-reactive ketones (excluding diaryl/α,β-unsaturated/α-hetero) is 1.